The van der Waals surface area contributed by atoms with Gasteiger partial charge in [-0.05, 0) is 42.0 Å². The molecule has 0 fully saturated rings. The lowest BCUT2D eigenvalue weighted by Crippen LogP contribution is -2.18. The van der Waals surface area contributed by atoms with Crippen molar-refractivity contribution in [1.29, 1.82) is 0 Å². The molecule has 30 heavy (non-hydrogen) atoms. The van der Waals surface area contributed by atoms with E-state index in [4.69, 9.17) is 11.5 Å². The van der Waals surface area contributed by atoms with Crippen molar-refractivity contribution < 1.29 is 4.79 Å². The molecule has 0 bridgehead atoms. The van der Waals surface area contributed by atoms with Crippen LogP contribution in [-0.2, 0) is 0 Å². The Kier molecular flexibility index (Phi) is 7.53. The van der Waals surface area contributed by atoms with Crippen molar-refractivity contribution in [2.45, 2.75) is 0 Å². The van der Waals surface area contributed by atoms with Crippen LogP contribution in [0.1, 0.15) is 21.5 Å². The van der Waals surface area contributed by atoms with Crippen molar-refractivity contribution >= 4 is 29.7 Å². The second kappa shape index (κ2) is 10.3. The van der Waals surface area contributed by atoms with E-state index in [1.54, 1.807) is 43.5 Å². The van der Waals surface area contributed by atoms with Crippen molar-refractivity contribution in [3.63, 3.8) is 0 Å². The minimum Gasteiger partial charge on any atom is -0.398 e. The summed E-state index contributed by atoms with van der Waals surface area (Å²) in [7, 11) is 1.56. The normalized spacial score (nSPS) is 11.9. The average molecular weight is 404 g/mol. The summed E-state index contributed by atoms with van der Waals surface area (Å²) in [4.78, 5) is 30.6. The topological polar surface area (TPSA) is 138 Å². The number of allylic oxidation sites excluding steroid dienone is 1. The number of carbonyl (C=O) groups is 1. The first-order chi connectivity index (χ1) is 14.4. The van der Waals surface area contributed by atoms with Crippen molar-refractivity contribution in [3.8, 4) is 0 Å². The van der Waals surface area contributed by atoms with E-state index in [1.807, 2.05) is 0 Å². The highest BCUT2D eigenvalue weighted by Gasteiger charge is 2.11. The summed E-state index contributed by atoms with van der Waals surface area (Å²) in [5.74, 6) is -0.187. The number of nitrogens with zero attached hydrogens (tertiary/aromatic N) is 1. The summed E-state index contributed by atoms with van der Waals surface area (Å²) in [5.41, 5.74) is 14.4. The fourth-order valence-corrected chi connectivity index (χ4v) is 2.63. The molecule has 0 aliphatic heterocycles. The molecule has 0 spiro atoms. The summed E-state index contributed by atoms with van der Waals surface area (Å²) >= 11 is 0. The third-order valence-electron chi connectivity index (χ3n) is 4.13. The second-order valence-electron chi connectivity index (χ2n) is 6.08. The highest BCUT2D eigenvalue weighted by Crippen LogP contribution is 2.21. The first kappa shape index (κ1) is 22.0. The van der Waals surface area contributed by atoms with Crippen LogP contribution < -0.4 is 27.7 Å². The molecule has 2 rings (SSSR count). The third kappa shape index (κ3) is 5.35. The van der Waals surface area contributed by atoms with E-state index in [1.165, 1.54) is 18.5 Å². The van der Waals surface area contributed by atoms with Crippen LogP contribution in [-0.4, -0.2) is 24.3 Å². The number of nitrogens with one attached hydrogen (secondary N) is 3. The van der Waals surface area contributed by atoms with Gasteiger partial charge in [-0.15, -0.1) is 0 Å². The first-order valence-electron chi connectivity index (χ1n) is 8.95. The van der Waals surface area contributed by atoms with Crippen LogP contribution in [0, 0.1) is 0 Å². The minimum atomic E-state index is -0.333. The predicted octanol–water partition coefficient (Wildman–Crippen LogP) is 2.17. The molecule has 0 saturated heterocycles. The minimum absolute atomic E-state index is 0.187. The molecular weight excluding hydrogens is 380 g/mol. The van der Waals surface area contributed by atoms with Crippen molar-refractivity contribution in [2.75, 3.05) is 12.4 Å². The molecule has 1 heterocycles. The quantitative estimate of drug-likeness (QED) is 0.261. The van der Waals surface area contributed by atoms with E-state index >= 15 is 0 Å². The van der Waals surface area contributed by atoms with E-state index in [0.717, 1.165) is 6.34 Å². The number of H-pyrrole nitrogens is 1. The van der Waals surface area contributed by atoms with Gasteiger partial charge in [-0.1, -0.05) is 19.2 Å². The lowest BCUT2D eigenvalue weighted by molar-refractivity contribution is 0.0963. The molecule has 0 aliphatic rings. The molecule has 1 aromatic carbocycles. The standard InChI is InChI=1S/C22H24N6O2/c1-4-15(12-26-13-23)19(24)11-17-9-10-27-22(30)20(17)14(2)28-18-7-5-16(6-8-18)21(29)25-3/h4-13,28H,1-2,24H2,3H3,(H2,23,26)(H,25,29)(H,27,30)/b15-12+,19-11-. The monoisotopic (exact) mass is 404 g/mol. The van der Waals surface area contributed by atoms with Gasteiger partial charge in [0.1, 0.15) is 0 Å². The van der Waals surface area contributed by atoms with Gasteiger partial charge >= 0.3 is 0 Å². The largest absolute Gasteiger partial charge is 0.398 e. The summed E-state index contributed by atoms with van der Waals surface area (Å²) in [6.07, 6.45) is 7.29. The molecule has 1 aromatic heterocycles. The van der Waals surface area contributed by atoms with Crippen LogP contribution in [0.3, 0.4) is 0 Å². The maximum atomic E-state index is 12.5. The highest BCUT2D eigenvalue weighted by molar-refractivity contribution is 5.94. The predicted molar refractivity (Wildman–Crippen MR) is 123 cm³/mol. The maximum absolute atomic E-state index is 12.5. The zero-order chi connectivity index (χ0) is 22.1. The number of aromatic nitrogens is 1. The second-order valence-corrected chi connectivity index (χ2v) is 6.08. The summed E-state index contributed by atoms with van der Waals surface area (Å²) < 4.78 is 0. The van der Waals surface area contributed by atoms with Gasteiger partial charge in [0.15, 0.2) is 0 Å². The van der Waals surface area contributed by atoms with Gasteiger partial charge in [-0.2, -0.15) is 0 Å². The highest BCUT2D eigenvalue weighted by atomic mass is 16.1. The van der Waals surface area contributed by atoms with Gasteiger partial charge in [0.25, 0.3) is 11.5 Å². The van der Waals surface area contributed by atoms with E-state index in [9.17, 15) is 9.59 Å². The van der Waals surface area contributed by atoms with E-state index in [0.29, 0.717) is 39.3 Å². The summed E-state index contributed by atoms with van der Waals surface area (Å²) in [6.45, 7) is 7.69. The Morgan fingerprint density at radius 1 is 1.23 bits per heavy atom. The first-order valence-corrected chi connectivity index (χ1v) is 8.95. The molecule has 154 valence electrons. The Morgan fingerprint density at radius 3 is 2.53 bits per heavy atom. The van der Waals surface area contributed by atoms with Crippen molar-refractivity contribution in [1.82, 2.24) is 10.3 Å². The molecule has 0 unspecified atom stereocenters. The Bertz CT molecular complexity index is 1090. The number of rotatable bonds is 8. The SMILES string of the molecule is C=CC(=C\N=CN)/C(N)=C/c1cc[nH]c(=O)c1C(=C)Nc1ccc(C(=O)NC)cc1. The Balaban J connectivity index is 2.37. The molecular formula is C22H24N6O2. The van der Waals surface area contributed by atoms with Gasteiger partial charge in [0, 0.05) is 47.7 Å². The van der Waals surface area contributed by atoms with Gasteiger partial charge in [0.2, 0.25) is 0 Å². The van der Waals surface area contributed by atoms with Crippen LogP contribution in [0.15, 0.2) is 83.0 Å². The molecule has 0 aliphatic carbocycles. The fraction of sp³-hybridized carbons (Fsp3) is 0.0455. The number of hydrogen-bond acceptors (Lipinski definition) is 5. The van der Waals surface area contributed by atoms with Crippen LogP contribution in [0.2, 0.25) is 0 Å². The number of hydrogen-bond donors (Lipinski definition) is 5. The number of benzene rings is 1. The number of carbonyl (C=O) groups excluding carboxylic acids is 1. The maximum Gasteiger partial charge on any atom is 0.257 e. The van der Waals surface area contributed by atoms with Crippen LogP contribution in [0.5, 0.6) is 0 Å². The smallest absolute Gasteiger partial charge is 0.257 e. The van der Waals surface area contributed by atoms with Gasteiger partial charge in [0.05, 0.1) is 11.9 Å². The van der Waals surface area contributed by atoms with Crippen LogP contribution in [0.4, 0.5) is 5.69 Å². The molecule has 8 heteroatoms. The van der Waals surface area contributed by atoms with E-state index in [-0.39, 0.29) is 11.5 Å². The number of nitrogens with two attached hydrogens (primary N) is 2. The fourth-order valence-electron chi connectivity index (χ4n) is 2.63. The lowest BCUT2D eigenvalue weighted by atomic mass is 10.0. The average Bonchev–Trinajstić information content (AvgIpc) is 2.74. The molecule has 8 nitrogen and oxygen atoms in total. The van der Waals surface area contributed by atoms with Gasteiger partial charge in [-0.3, -0.25) is 9.59 Å². The van der Waals surface area contributed by atoms with Crippen LogP contribution in [0.25, 0.3) is 11.8 Å². The van der Waals surface area contributed by atoms with Crippen molar-refractivity contribution in [2.24, 2.45) is 16.5 Å². The molecule has 0 saturated carbocycles. The zero-order valence-electron chi connectivity index (χ0n) is 16.6. The Labute approximate surface area is 174 Å². The van der Waals surface area contributed by atoms with Crippen molar-refractivity contribution in [3.05, 3.63) is 100 Å². The number of pyridine rings is 1. The van der Waals surface area contributed by atoms with E-state index < -0.39 is 0 Å². The zero-order valence-corrected chi connectivity index (χ0v) is 16.6. The molecule has 0 atom stereocenters. The lowest BCUT2D eigenvalue weighted by Gasteiger charge is -2.13. The number of anilines is 1. The van der Waals surface area contributed by atoms with Gasteiger partial charge < -0.3 is 27.1 Å². The van der Waals surface area contributed by atoms with E-state index in [2.05, 4.69) is 33.8 Å². The Hall–Kier alpha value is -4.33. The molecule has 2 aromatic rings. The molecule has 1 amide bonds. The Morgan fingerprint density at radius 2 is 1.93 bits per heavy atom. The van der Waals surface area contributed by atoms with Gasteiger partial charge in [-0.25, -0.2) is 4.99 Å². The molecule has 0 radical (unpaired) electrons. The van der Waals surface area contributed by atoms with Crippen LogP contribution >= 0.6 is 0 Å². The summed E-state index contributed by atoms with van der Waals surface area (Å²) in [5, 5.41) is 5.64. The third-order valence-corrected chi connectivity index (χ3v) is 4.13. The number of amides is 1. The summed E-state index contributed by atoms with van der Waals surface area (Å²) in [6, 6.07) is 8.49. The number of aliphatic imine (C=N–C) groups is 1. The molecule has 7 N–H and O–H groups in total. The number of aromatic amines is 1.